The van der Waals surface area contributed by atoms with Gasteiger partial charge in [0.25, 0.3) is 0 Å². The third kappa shape index (κ3) is 4.11. The van der Waals surface area contributed by atoms with Crippen LogP contribution in [-0.2, 0) is 10.5 Å². The molecule has 1 fully saturated rings. The first-order valence-corrected chi connectivity index (χ1v) is 7.77. The van der Waals surface area contributed by atoms with Crippen LogP contribution in [0.4, 0.5) is 4.39 Å². The van der Waals surface area contributed by atoms with Gasteiger partial charge in [-0.2, -0.15) is 11.8 Å². The number of hydrogen-bond acceptors (Lipinski definition) is 2. The molecule has 19 heavy (non-hydrogen) atoms. The van der Waals surface area contributed by atoms with E-state index in [9.17, 15) is 9.18 Å². The van der Waals surface area contributed by atoms with Crippen LogP contribution in [0.15, 0.2) is 18.2 Å². The van der Waals surface area contributed by atoms with Crippen LogP contribution in [0.3, 0.4) is 0 Å². The number of halogens is 2. The number of rotatable bonds is 4. The Balaban J connectivity index is 1.82. The van der Waals surface area contributed by atoms with Crippen molar-refractivity contribution in [2.75, 3.05) is 0 Å². The van der Waals surface area contributed by atoms with Gasteiger partial charge in [0.05, 0.1) is 5.92 Å². The molecule has 2 rings (SSSR count). The van der Waals surface area contributed by atoms with E-state index in [1.54, 1.807) is 23.9 Å². The van der Waals surface area contributed by atoms with Crippen LogP contribution in [0.25, 0.3) is 0 Å². The molecule has 0 bridgehead atoms. The monoisotopic (exact) mass is 302 g/mol. The predicted octanol–water partition coefficient (Wildman–Crippen LogP) is 4.36. The van der Waals surface area contributed by atoms with Gasteiger partial charge in [-0.25, -0.2) is 4.39 Å². The van der Waals surface area contributed by atoms with Gasteiger partial charge in [0.1, 0.15) is 5.82 Å². The Morgan fingerprint density at radius 3 is 2.63 bits per heavy atom. The third-order valence-corrected chi connectivity index (χ3v) is 5.17. The van der Waals surface area contributed by atoms with Crippen molar-refractivity contribution in [2.45, 2.75) is 36.7 Å². The van der Waals surface area contributed by atoms with Crippen LogP contribution in [-0.4, -0.2) is 16.3 Å². The average molecular weight is 303 g/mol. The largest absolute Gasteiger partial charge is 0.481 e. The summed E-state index contributed by atoms with van der Waals surface area (Å²) in [4.78, 5) is 10.8. The highest BCUT2D eigenvalue weighted by molar-refractivity contribution is 7.99. The molecule has 0 radical (unpaired) electrons. The molecule has 0 aliphatic heterocycles. The molecule has 5 heteroatoms. The average Bonchev–Trinajstić information content (AvgIpc) is 2.38. The van der Waals surface area contributed by atoms with Gasteiger partial charge >= 0.3 is 5.97 Å². The lowest BCUT2D eigenvalue weighted by Crippen LogP contribution is -2.22. The summed E-state index contributed by atoms with van der Waals surface area (Å²) in [6.45, 7) is 0. The van der Waals surface area contributed by atoms with Crippen LogP contribution in [0, 0.1) is 11.7 Å². The van der Waals surface area contributed by atoms with Crippen LogP contribution >= 0.6 is 23.4 Å². The Bertz CT molecular complexity index is 459. The standard InChI is InChI=1S/C14H16ClFO2S/c15-11-4-1-10(13(16)7-11)8-19-12-5-2-9(3-6-12)14(17)18/h1,4,7,9,12H,2-3,5-6,8H2,(H,17,18). The molecule has 1 aliphatic carbocycles. The first kappa shape index (κ1) is 14.7. The van der Waals surface area contributed by atoms with Crippen LogP contribution in [0.2, 0.25) is 5.02 Å². The molecule has 2 nitrogen and oxygen atoms in total. The van der Waals surface area contributed by atoms with Gasteiger partial charge in [0, 0.05) is 16.0 Å². The van der Waals surface area contributed by atoms with Gasteiger partial charge in [0.15, 0.2) is 0 Å². The number of carboxylic acids is 1. The molecule has 0 aromatic heterocycles. The summed E-state index contributed by atoms with van der Waals surface area (Å²) in [5.41, 5.74) is 0.662. The first-order chi connectivity index (χ1) is 9.06. The Labute approximate surface area is 121 Å². The highest BCUT2D eigenvalue weighted by atomic mass is 35.5. The summed E-state index contributed by atoms with van der Waals surface area (Å²) in [7, 11) is 0. The molecule has 1 saturated carbocycles. The molecule has 0 heterocycles. The molecule has 0 atom stereocenters. The van der Waals surface area contributed by atoms with Crippen LogP contribution < -0.4 is 0 Å². The molecule has 1 aromatic carbocycles. The SMILES string of the molecule is O=C(O)C1CCC(SCc2ccc(Cl)cc2F)CC1. The van der Waals surface area contributed by atoms with Crippen LogP contribution in [0.5, 0.6) is 0 Å². The molecular weight excluding hydrogens is 287 g/mol. The van der Waals surface area contributed by atoms with E-state index in [-0.39, 0.29) is 11.7 Å². The second kappa shape index (κ2) is 6.62. The van der Waals surface area contributed by atoms with Crippen molar-refractivity contribution in [3.63, 3.8) is 0 Å². The van der Waals surface area contributed by atoms with Crippen molar-refractivity contribution in [3.05, 3.63) is 34.6 Å². The molecule has 1 aromatic rings. The fourth-order valence-corrected chi connectivity index (χ4v) is 3.74. The molecule has 0 saturated heterocycles. The number of thioether (sulfide) groups is 1. The van der Waals surface area contributed by atoms with E-state index in [0.717, 1.165) is 25.7 Å². The van der Waals surface area contributed by atoms with E-state index in [2.05, 4.69) is 0 Å². The fraction of sp³-hybridized carbons (Fsp3) is 0.500. The summed E-state index contributed by atoms with van der Waals surface area (Å²) in [5.74, 6) is -0.527. The van der Waals surface area contributed by atoms with E-state index >= 15 is 0 Å². The number of aliphatic carboxylic acids is 1. The highest BCUT2D eigenvalue weighted by Crippen LogP contribution is 2.34. The lowest BCUT2D eigenvalue weighted by molar-refractivity contribution is -0.142. The number of hydrogen-bond donors (Lipinski definition) is 1. The Morgan fingerprint density at radius 1 is 1.37 bits per heavy atom. The summed E-state index contributed by atoms with van der Waals surface area (Å²) < 4.78 is 13.6. The fourth-order valence-electron chi connectivity index (χ4n) is 2.32. The van der Waals surface area contributed by atoms with Crippen molar-refractivity contribution >= 4 is 29.3 Å². The van der Waals surface area contributed by atoms with Gasteiger partial charge in [-0.3, -0.25) is 4.79 Å². The van der Waals surface area contributed by atoms with E-state index in [1.165, 1.54) is 6.07 Å². The topological polar surface area (TPSA) is 37.3 Å². The summed E-state index contributed by atoms with van der Waals surface area (Å²) in [5, 5.41) is 9.77. The summed E-state index contributed by atoms with van der Waals surface area (Å²) in [6.07, 6.45) is 3.26. The molecule has 0 unspecified atom stereocenters. The predicted molar refractivity (Wildman–Crippen MR) is 76.1 cm³/mol. The van der Waals surface area contributed by atoms with Crippen molar-refractivity contribution < 1.29 is 14.3 Å². The summed E-state index contributed by atoms with van der Waals surface area (Å²) in [6, 6.07) is 4.74. The first-order valence-electron chi connectivity index (χ1n) is 6.34. The second-order valence-electron chi connectivity index (χ2n) is 4.86. The molecule has 1 N–H and O–H groups in total. The maximum Gasteiger partial charge on any atom is 0.306 e. The molecule has 0 amide bonds. The van der Waals surface area contributed by atoms with Gasteiger partial charge in [-0.05, 0) is 43.4 Å². The minimum atomic E-state index is -0.688. The Hall–Kier alpha value is -0.740. The minimum absolute atomic E-state index is 0.191. The van der Waals surface area contributed by atoms with Gasteiger partial charge in [-0.15, -0.1) is 0 Å². The van der Waals surface area contributed by atoms with E-state index in [1.807, 2.05) is 0 Å². The smallest absolute Gasteiger partial charge is 0.306 e. The van der Waals surface area contributed by atoms with E-state index in [0.29, 0.717) is 21.6 Å². The van der Waals surface area contributed by atoms with Crippen molar-refractivity contribution in [3.8, 4) is 0 Å². The zero-order chi connectivity index (χ0) is 13.8. The van der Waals surface area contributed by atoms with Crippen LogP contribution in [0.1, 0.15) is 31.2 Å². The molecule has 0 spiro atoms. The van der Waals surface area contributed by atoms with Crippen molar-refractivity contribution in [1.82, 2.24) is 0 Å². The maximum absolute atomic E-state index is 13.6. The second-order valence-corrected chi connectivity index (χ2v) is 6.58. The number of benzene rings is 1. The normalized spacial score (nSPS) is 23.3. The van der Waals surface area contributed by atoms with Gasteiger partial charge in [-0.1, -0.05) is 17.7 Å². The minimum Gasteiger partial charge on any atom is -0.481 e. The molecule has 104 valence electrons. The van der Waals surface area contributed by atoms with E-state index in [4.69, 9.17) is 16.7 Å². The third-order valence-electron chi connectivity index (χ3n) is 3.51. The van der Waals surface area contributed by atoms with Crippen molar-refractivity contribution in [2.24, 2.45) is 5.92 Å². The Morgan fingerprint density at radius 2 is 2.05 bits per heavy atom. The zero-order valence-electron chi connectivity index (χ0n) is 10.4. The Kier molecular flexibility index (Phi) is 5.11. The highest BCUT2D eigenvalue weighted by Gasteiger charge is 2.26. The number of carboxylic acid groups (broad SMARTS) is 1. The van der Waals surface area contributed by atoms with Gasteiger partial charge in [0.2, 0.25) is 0 Å². The maximum atomic E-state index is 13.6. The summed E-state index contributed by atoms with van der Waals surface area (Å²) >= 11 is 7.42. The number of carbonyl (C=O) groups is 1. The van der Waals surface area contributed by atoms with Crippen molar-refractivity contribution in [1.29, 1.82) is 0 Å². The van der Waals surface area contributed by atoms with Gasteiger partial charge < -0.3 is 5.11 Å². The molecule has 1 aliphatic rings. The molecular formula is C14H16ClFO2S. The van der Waals surface area contributed by atoms with E-state index < -0.39 is 5.97 Å². The lowest BCUT2D eigenvalue weighted by atomic mass is 9.89. The zero-order valence-corrected chi connectivity index (χ0v) is 12.0. The lowest BCUT2D eigenvalue weighted by Gasteiger charge is -2.25. The quantitative estimate of drug-likeness (QED) is 0.898.